The Morgan fingerprint density at radius 3 is 2.40 bits per heavy atom. The second-order valence-corrected chi connectivity index (χ2v) is 4.04. The van der Waals surface area contributed by atoms with Crippen LogP contribution in [0.15, 0.2) is 24.3 Å². The van der Waals surface area contributed by atoms with E-state index in [9.17, 15) is 18.8 Å². The lowest BCUT2D eigenvalue weighted by atomic mass is 10.1. The van der Waals surface area contributed by atoms with Crippen LogP contribution in [0.25, 0.3) is 0 Å². The number of halogens is 1. The molecule has 0 saturated heterocycles. The SMILES string of the molecule is COC(=O)C[C@H](NC(=O)Cc1ccc(F)cc1)C(=O)O. The number of carboxylic acid groups (broad SMARTS) is 1. The van der Waals surface area contributed by atoms with Crippen molar-refractivity contribution < 1.29 is 28.6 Å². The smallest absolute Gasteiger partial charge is 0.326 e. The number of esters is 1. The number of benzene rings is 1. The van der Waals surface area contributed by atoms with E-state index in [1.807, 2.05) is 0 Å². The van der Waals surface area contributed by atoms with Gasteiger partial charge in [0.15, 0.2) is 0 Å². The molecule has 108 valence electrons. The molecular formula is C13H14FNO5. The Bertz CT molecular complexity index is 500. The number of hydrogen-bond donors (Lipinski definition) is 2. The van der Waals surface area contributed by atoms with E-state index >= 15 is 0 Å². The van der Waals surface area contributed by atoms with Crippen LogP contribution in [0.3, 0.4) is 0 Å². The minimum atomic E-state index is -1.35. The second-order valence-electron chi connectivity index (χ2n) is 4.04. The third-order valence-corrected chi connectivity index (χ3v) is 2.51. The number of carbonyl (C=O) groups excluding carboxylic acids is 2. The van der Waals surface area contributed by atoms with Crippen molar-refractivity contribution in [2.75, 3.05) is 7.11 Å². The average Bonchev–Trinajstić information content (AvgIpc) is 2.40. The van der Waals surface area contributed by atoms with Crippen molar-refractivity contribution in [2.24, 2.45) is 0 Å². The van der Waals surface area contributed by atoms with Crippen LogP contribution in [0.2, 0.25) is 0 Å². The van der Waals surface area contributed by atoms with Crippen LogP contribution in [-0.4, -0.2) is 36.1 Å². The van der Waals surface area contributed by atoms with Crippen molar-refractivity contribution in [1.82, 2.24) is 5.32 Å². The number of hydrogen-bond acceptors (Lipinski definition) is 4. The number of rotatable bonds is 6. The van der Waals surface area contributed by atoms with Gasteiger partial charge in [0.1, 0.15) is 11.9 Å². The number of aliphatic carboxylic acids is 1. The van der Waals surface area contributed by atoms with E-state index in [4.69, 9.17) is 5.11 Å². The molecule has 0 heterocycles. The Morgan fingerprint density at radius 2 is 1.90 bits per heavy atom. The summed E-state index contributed by atoms with van der Waals surface area (Å²) in [6.07, 6.45) is -0.563. The molecule has 0 aliphatic rings. The lowest BCUT2D eigenvalue weighted by molar-refractivity contribution is -0.148. The van der Waals surface area contributed by atoms with Gasteiger partial charge in [-0.1, -0.05) is 12.1 Å². The number of ether oxygens (including phenoxy) is 1. The van der Waals surface area contributed by atoms with E-state index in [1.54, 1.807) is 0 Å². The van der Waals surface area contributed by atoms with Gasteiger partial charge in [-0.3, -0.25) is 9.59 Å². The first-order chi connectivity index (χ1) is 9.42. The first-order valence-corrected chi connectivity index (χ1v) is 5.75. The Morgan fingerprint density at radius 1 is 1.30 bits per heavy atom. The molecule has 0 radical (unpaired) electrons. The van der Waals surface area contributed by atoms with Crippen LogP contribution < -0.4 is 5.32 Å². The Balaban J connectivity index is 2.60. The summed E-state index contributed by atoms with van der Waals surface area (Å²) >= 11 is 0. The summed E-state index contributed by atoms with van der Waals surface area (Å²) in [6, 6.07) is 3.89. The van der Waals surface area contributed by atoms with Gasteiger partial charge in [-0.15, -0.1) is 0 Å². The second kappa shape index (κ2) is 7.22. The normalized spacial score (nSPS) is 11.5. The maximum atomic E-state index is 12.7. The highest BCUT2D eigenvalue weighted by Gasteiger charge is 2.23. The summed E-state index contributed by atoms with van der Waals surface area (Å²) in [6.45, 7) is 0. The summed E-state index contributed by atoms with van der Waals surface area (Å²) in [7, 11) is 1.13. The molecule has 0 fully saturated rings. The number of carbonyl (C=O) groups is 3. The Kier molecular flexibility index (Phi) is 5.64. The van der Waals surface area contributed by atoms with Crippen molar-refractivity contribution in [1.29, 1.82) is 0 Å². The first kappa shape index (κ1) is 15.6. The largest absolute Gasteiger partial charge is 0.480 e. The standard InChI is InChI=1S/C13H14FNO5/c1-20-12(17)7-10(13(18)19)15-11(16)6-8-2-4-9(14)5-3-8/h2-5,10H,6-7H2,1H3,(H,15,16)(H,18,19)/t10-/m0/s1. The number of carboxylic acids is 1. The van der Waals surface area contributed by atoms with Crippen LogP contribution in [0, 0.1) is 5.82 Å². The highest BCUT2D eigenvalue weighted by atomic mass is 19.1. The van der Waals surface area contributed by atoms with Crippen molar-refractivity contribution >= 4 is 17.8 Å². The van der Waals surface area contributed by atoms with Gasteiger partial charge in [0.05, 0.1) is 20.0 Å². The summed E-state index contributed by atoms with van der Waals surface area (Å²) in [5.41, 5.74) is 0.533. The van der Waals surface area contributed by atoms with Crippen LogP contribution in [0.4, 0.5) is 4.39 Å². The lowest BCUT2D eigenvalue weighted by Gasteiger charge is -2.13. The first-order valence-electron chi connectivity index (χ1n) is 5.75. The van der Waals surface area contributed by atoms with E-state index in [-0.39, 0.29) is 6.42 Å². The van der Waals surface area contributed by atoms with Gasteiger partial charge >= 0.3 is 11.9 Å². The van der Waals surface area contributed by atoms with Crippen molar-refractivity contribution in [3.8, 4) is 0 Å². The molecule has 2 N–H and O–H groups in total. The molecule has 0 saturated carbocycles. The fourth-order valence-electron chi connectivity index (χ4n) is 1.48. The third kappa shape index (κ3) is 5.05. The summed E-state index contributed by atoms with van der Waals surface area (Å²) in [5.74, 6) is -3.07. The molecule has 0 aromatic heterocycles. The zero-order valence-electron chi connectivity index (χ0n) is 10.8. The maximum Gasteiger partial charge on any atom is 0.326 e. The lowest BCUT2D eigenvalue weighted by Crippen LogP contribution is -2.43. The van der Waals surface area contributed by atoms with Gasteiger partial charge in [0.25, 0.3) is 0 Å². The quantitative estimate of drug-likeness (QED) is 0.742. The molecule has 1 atom stereocenters. The van der Waals surface area contributed by atoms with Crippen LogP contribution >= 0.6 is 0 Å². The molecule has 1 amide bonds. The van der Waals surface area contributed by atoms with Crippen LogP contribution in [0.5, 0.6) is 0 Å². The summed E-state index contributed by atoms with van der Waals surface area (Å²) in [4.78, 5) is 33.6. The topological polar surface area (TPSA) is 92.7 Å². The van der Waals surface area contributed by atoms with Crippen molar-refractivity contribution in [3.05, 3.63) is 35.6 Å². The number of methoxy groups -OCH3 is 1. The Labute approximate surface area is 114 Å². The molecule has 1 aromatic carbocycles. The van der Waals surface area contributed by atoms with Gasteiger partial charge < -0.3 is 15.2 Å². The van der Waals surface area contributed by atoms with Crippen molar-refractivity contribution in [2.45, 2.75) is 18.9 Å². The van der Waals surface area contributed by atoms with E-state index in [0.717, 1.165) is 7.11 Å². The number of nitrogens with one attached hydrogen (secondary N) is 1. The maximum absolute atomic E-state index is 12.7. The van der Waals surface area contributed by atoms with Gasteiger partial charge in [0, 0.05) is 0 Å². The van der Waals surface area contributed by atoms with Crippen molar-refractivity contribution in [3.63, 3.8) is 0 Å². The van der Waals surface area contributed by atoms with E-state index in [2.05, 4.69) is 10.1 Å². The predicted octanol–water partition coefficient (Wildman–Crippen LogP) is 0.501. The monoisotopic (exact) mass is 283 g/mol. The van der Waals surface area contributed by atoms with E-state index in [0.29, 0.717) is 5.56 Å². The predicted molar refractivity (Wildman–Crippen MR) is 66.3 cm³/mol. The van der Waals surface area contributed by atoms with E-state index < -0.39 is 36.1 Å². The molecule has 7 heteroatoms. The average molecular weight is 283 g/mol. The highest BCUT2D eigenvalue weighted by Crippen LogP contribution is 2.04. The zero-order chi connectivity index (χ0) is 15.1. The zero-order valence-corrected chi connectivity index (χ0v) is 10.8. The van der Waals surface area contributed by atoms with Gasteiger partial charge in [0.2, 0.25) is 5.91 Å². The fourth-order valence-corrected chi connectivity index (χ4v) is 1.48. The van der Waals surface area contributed by atoms with E-state index in [1.165, 1.54) is 24.3 Å². The molecule has 0 aliphatic carbocycles. The molecule has 20 heavy (non-hydrogen) atoms. The highest BCUT2D eigenvalue weighted by molar-refractivity contribution is 5.87. The molecule has 1 aromatic rings. The summed E-state index contributed by atoms with van der Waals surface area (Å²) < 4.78 is 17.0. The molecule has 0 spiro atoms. The molecular weight excluding hydrogens is 269 g/mol. The van der Waals surface area contributed by atoms with Gasteiger partial charge in [-0.2, -0.15) is 0 Å². The summed E-state index contributed by atoms with van der Waals surface area (Å²) in [5, 5.41) is 11.1. The fraction of sp³-hybridized carbons (Fsp3) is 0.308. The molecule has 0 unspecified atom stereocenters. The number of amides is 1. The minimum absolute atomic E-state index is 0.106. The Hall–Kier alpha value is -2.44. The van der Waals surface area contributed by atoms with Gasteiger partial charge in [-0.05, 0) is 17.7 Å². The van der Waals surface area contributed by atoms with Gasteiger partial charge in [-0.25, -0.2) is 9.18 Å². The minimum Gasteiger partial charge on any atom is -0.480 e. The molecule has 0 aliphatic heterocycles. The molecule has 1 rings (SSSR count). The van der Waals surface area contributed by atoms with Crippen LogP contribution in [-0.2, 0) is 25.5 Å². The molecule has 0 bridgehead atoms. The molecule has 6 nitrogen and oxygen atoms in total. The van der Waals surface area contributed by atoms with Crippen LogP contribution in [0.1, 0.15) is 12.0 Å². The third-order valence-electron chi connectivity index (χ3n) is 2.51.